The van der Waals surface area contributed by atoms with Crippen LogP contribution in [0.1, 0.15) is 0 Å². The first-order valence-corrected chi connectivity index (χ1v) is 11.7. The third-order valence-electron chi connectivity index (χ3n) is 6.07. The van der Waals surface area contributed by atoms with Gasteiger partial charge in [-0.1, -0.05) is 109 Å². The van der Waals surface area contributed by atoms with Gasteiger partial charge in [-0.2, -0.15) is 0 Å². The molecule has 166 valence electrons. The average molecular weight is 450 g/mol. The summed E-state index contributed by atoms with van der Waals surface area (Å²) in [7, 11) is 0. The number of nitrogens with zero attached hydrogens (tertiary/aromatic N) is 3. The molecule has 0 radical (unpaired) electrons. The van der Waals surface area contributed by atoms with E-state index >= 15 is 0 Å². The molecule has 0 atom stereocenters. The van der Waals surface area contributed by atoms with Crippen molar-refractivity contribution in [3.05, 3.63) is 140 Å². The molecule has 0 spiro atoms. The Bertz CT molecular complexity index is 1510. The van der Waals surface area contributed by atoms with Crippen molar-refractivity contribution in [3.63, 3.8) is 0 Å². The normalized spacial score (nSPS) is 10.9. The Labute approximate surface area is 205 Å². The number of anilines is 3. The van der Waals surface area contributed by atoms with Crippen LogP contribution in [0.5, 0.6) is 0 Å². The highest BCUT2D eigenvalue weighted by Crippen LogP contribution is 2.38. The lowest BCUT2D eigenvalue weighted by molar-refractivity contribution is 1.13. The van der Waals surface area contributed by atoms with Gasteiger partial charge in [0.1, 0.15) is 11.6 Å². The first-order valence-electron chi connectivity index (χ1n) is 11.7. The molecule has 0 N–H and O–H groups in total. The molecule has 0 unspecified atom stereocenters. The van der Waals surface area contributed by atoms with Gasteiger partial charge in [-0.3, -0.25) is 4.90 Å². The van der Waals surface area contributed by atoms with Crippen molar-refractivity contribution in [3.8, 4) is 22.5 Å². The molecule has 2 aromatic heterocycles. The fraction of sp³-hybridized carbons (Fsp3) is 0. The van der Waals surface area contributed by atoms with E-state index in [0.717, 1.165) is 45.2 Å². The van der Waals surface area contributed by atoms with Crippen LogP contribution < -0.4 is 4.90 Å². The van der Waals surface area contributed by atoms with E-state index in [2.05, 4.69) is 83.8 Å². The zero-order chi connectivity index (χ0) is 23.5. The molecule has 35 heavy (non-hydrogen) atoms. The van der Waals surface area contributed by atoms with Crippen LogP contribution in [0.2, 0.25) is 0 Å². The lowest BCUT2D eigenvalue weighted by atomic mass is 10.1. The summed E-state index contributed by atoms with van der Waals surface area (Å²) in [5, 5.41) is 2.32. The van der Waals surface area contributed by atoms with Gasteiger partial charge in [0.25, 0.3) is 0 Å². The minimum absolute atomic E-state index is 0.820. The van der Waals surface area contributed by atoms with Crippen LogP contribution in [0.15, 0.2) is 140 Å². The topological polar surface area (TPSA) is 29.0 Å². The van der Waals surface area contributed by atoms with Gasteiger partial charge in [0.2, 0.25) is 0 Å². The summed E-state index contributed by atoms with van der Waals surface area (Å²) < 4.78 is 0. The second-order valence-corrected chi connectivity index (χ2v) is 8.33. The maximum atomic E-state index is 5.09. The number of rotatable bonds is 5. The van der Waals surface area contributed by atoms with E-state index in [1.54, 1.807) is 0 Å². The van der Waals surface area contributed by atoms with E-state index in [0.29, 0.717) is 0 Å². The fourth-order valence-electron chi connectivity index (χ4n) is 4.40. The van der Waals surface area contributed by atoms with Gasteiger partial charge >= 0.3 is 0 Å². The van der Waals surface area contributed by atoms with Crippen LogP contribution in [-0.2, 0) is 0 Å². The van der Waals surface area contributed by atoms with Crippen molar-refractivity contribution in [1.29, 1.82) is 0 Å². The van der Waals surface area contributed by atoms with Crippen molar-refractivity contribution >= 4 is 28.1 Å². The fourth-order valence-corrected chi connectivity index (χ4v) is 4.40. The summed E-state index contributed by atoms with van der Waals surface area (Å²) in [6.07, 6.45) is 0. The molecule has 4 aromatic carbocycles. The lowest BCUT2D eigenvalue weighted by Gasteiger charge is -2.25. The SMILES string of the molecule is c1ccc(-c2cccc(N(c3cccc(-c4ccccc4)n3)c3cccc4ccccc34)n2)cc1. The molecular formula is C32H23N3. The first kappa shape index (κ1) is 20.8. The van der Waals surface area contributed by atoms with Gasteiger partial charge in [0.05, 0.1) is 17.1 Å². The zero-order valence-corrected chi connectivity index (χ0v) is 19.1. The van der Waals surface area contributed by atoms with E-state index in [9.17, 15) is 0 Å². The molecule has 0 aliphatic rings. The van der Waals surface area contributed by atoms with Crippen LogP contribution in [0.4, 0.5) is 17.3 Å². The van der Waals surface area contributed by atoms with E-state index in [1.807, 2.05) is 60.7 Å². The Morgan fingerprint density at radius 3 is 1.49 bits per heavy atom. The molecule has 3 heteroatoms. The average Bonchev–Trinajstić information content (AvgIpc) is 2.95. The summed E-state index contributed by atoms with van der Waals surface area (Å²) in [5.74, 6) is 1.64. The number of hydrogen-bond donors (Lipinski definition) is 0. The van der Waals surface area contributed by atoms with Crippen LogP contribution in [0.25, 0.3) is 33.3 Å². The molecule has 3 nitrogen and oxygen atoms in total. The molecular weight excluding hydrogens is 426 g/mol. The number of pyridine rings is 2. The second kappa shape index (κ2) is 9.24. The minimum Gasteiger partial charge on any atom is -0.278 e. The van der Waals surface area contributed by atoms with Gasteiger partial charge in [0, 0.05) is 16.5 Å². The number of aromatic nitrogens is 2. The third-order valence-corrected chi connectivity index (χ3v) is 6.07. The molecule has 0 saturated carbocycles. The number of benzene rings is 4. The molecule has 6 aromatic rings. The van der Waals surface area contributed by atoms with Gasteiger partial charge < -0.3 is 0 Å². The molecule has 6 rings (SSSR count). The quantitative estimate of drug-likeness (QED) is 0.264. The third kappa shape index (κ3) is 4.16. The Kier molecular flexibility index (Phi) is 5.50. The van der Waals surface area contributed by atoms with Crippen LogP contribution in [-0.4, -0.2) is 9.97 Å². The molecule has 0 saturated heterocycles. The number of hydrogen-bond acceptors (Lipinski definition) is 3. The van der Waals surface area contributed by atoms with Crippen molar-refractivity contribution in [1.82, 2.24) is 9.97 Å². The Balaban J connectivity index is 1.56. The Hall–Kier alpha value is -4.76. The molecule has 0 aliphatic heterocycles. The summed E-state index contributed by atoms with van der Waals surface area (Å²) >= 11 is 0. The largest absolute Gasteiger partial charge is 0.278 e. The Morgan fingerprint density at radius 1 is 0.400 bits per heavy atom. The highest BCUT2D eigenvalue weighted by atomic mass is 15.2. The number of fused-ring (bicyclic) bond motifs is 1. The zero-order valence-electron chi connectivity index (χ0n) is 19.1. The van der Waals surface area contributed by atoms with Crippen molar-refractivity contribution in [2.75, 3.05) is 4.90 Å². The van der Waals surface area contributed by atoms with Crippen LogP contribution in [0.3, 0.4) is 0 Å². The van der Waals surface area contributed by atoms with E-state index in [4.69, 9.17) is 9.97 Å². The van der Waals surface area contributed by atoms with E-state index < -0.39 is 0 Å². The van der Waals surface area contributed by atoms with E-state index in [-0.39, 0.29) is 0 Å². The van der Waals surface area contributed by atoms with Gasteiger partial charge in [-0.15, -0.1) is 0 Å². The first-order chi connectivity index (χ1) is 17.4. The second-order valence-electron chi connectivity index (χ2n) is 8.33. The predicted octanol–water partition coefficient (Wildman–Crippen LogP) is 8.43. The Morgan fingerprint density at radius 2 is 0.886 bits per heavy atom. The van der Waals surface area contributed by atoms with Gasteiger partial charge in [-0.05, 0) is 35.7 Å². The maximum Gasteiger partial charge on any atom is 0.139 e. The molecule has 0 fully saturated rings. The van der Waals surface area contributed by atoms with Crippen LogP contribution >= 0.6 is 0 Å². The minimum atomic E-state index is 0.820. The summed E-state index contributed by atoms with van der Waals surface area (Å²) in [4.78, 5) is 12.3. The smallest absolute Gasteiger partial charge is 0.139 e. The standard InChI is InChI=1S/C32H23N3/c1-3-13-25(14-4-1)28-19-10-22-31(33-28)35(30-21-9-17-24-12-7-8-18-27(24)30)32-23-11-20-29(34-32)26-15-5-2-6-16-26/h1-23H. The summed E-state index contributed by atoms with van der Waals surface area (Å²) in [6.45, 7) is 0. The lowest BCUT2D eigenvalue weighted by Crippen LogP contribution is -2.14. The molecule has 0 aliphatic carbocycles. The molecule has 0 amide bonds. The van der Waals surface area contributed by atoms with Crippen molar-refractivity contribution in [2.45, 2.75) is 0 Å². The van der Waals surface area contributed by atoms with Crippen molar-refractivity contribution < 1.29 is 0 Å². The maximum absolute atomic E-state index is 5.09. The van der Waals surface area contributed by atoms with Gasteiger partial charge in [-0.25, -0.2) is 9.97 Å². The van der Waals surface area contributed by atoms with Crippen molar-refractivity contribution in [2.24, 2.45) is 0 Å². The molecule has 0 bridgehead atoms. The monoisotopic (exact) mass is 449 g/mol. The predicted molar refractivity (Wildman–Crippen MR) is 145 cm³/mol. The summed E-state index contributed by atoms with van der Waals surface area (Å²) in [6, 6.07) is 47.7. The molecule has 2 heterocycles. The van der Waals surface area contributed by atoms with E-state index in [1.165, 1.54) is 5.39 Å². The highest BCUT2D eigenvalue weighted by molar-refractivity contribution is 5.98. The van der Waals surface area contributed by atoms with Crippen LogP contribution in [0, 0.1) is 0 Å². The van der Waals surface area contributed by atoms with Gasteiger partial charge in [0.15, 0.2) is 0 Å². The summed E-state index contributed by atoms with van der Waals surface area (Å²) in [5.41, 5.74) is 5.05. The highest BCUT2D eigenvalue weighted by Gasteiger charge is 2.18.